The van der Waals surface area contributed by atoms with E-state index in [1.165, 1.54) is 41.7 Å². The van der Waals surface area contributed by atoms with Gasteiger partial charge in [-0.05, 0) is 18.9 Å². The molecule has 1 fully saturated rings. The van der Waals surface area contributed by atoms with Gasteiger partial charge in [0.05, 0.1) is 44.9 Å². The molecule has 0 aliphatic carbocycles. The van der Waals surface area contributed by atoms with Crippen molar-refractivity contribution in [3.8, 4) is 0 Å². The predicted molar refractivity (Wildman–Crippen MR) is 122 cm³/mol. The minimum absolute atomic E-state index is 0.0947. The van der Waals surface area contributed by atoms with Crippen molar-refractivity contribution in [3.05, 3.63) is 59.8 Å². The van der Waals surface area contributed by atoms with E-state index in [0.717, 1.165) is 10.6 Å². The zero-order valence-electron chi connectivity index (χ0n) is 18.8. The Balaban J connectivity index is 1.91. The van der Waals surface area contributed by atoms with Gasteiger partial charge in [0.25, 0.3) is 0 Å². The standard InChI is InChI=1S/C21H30N6O5S/c1-17(20(22)28)26(24-9-8-23-16-24)21(29)19(14-18-6-4-3-5-7-18)15-33(31,32)25-10-12-27(2,30)13-11-25/h3-9,16-17,19H,10-15H2,1-2H3,(H2,22,28). The van der Waals surface area contributed by atoms with Gasteiger partial charge in [-0.2, -0.15) is 4.31 Å². The number of rotatable bonds is 9. The maximum absolute atomic E-state index is 13.7. The summed E-state index contributed by atoms with van der Waals surface area (Å²) in [5.74, 6) is -2.74. The Morgan fingerprint density at radius 1 is 1.24 bits per heavy atom. The molecule has 180 valence electrons. The number of nitrogens with zero attached hydrogens (tertiary/aromatic N) is 5. The van der Waals surface area contributed by atoms with Gasteiger partial charge < -0.3 is 15.6 Å². The molecule has 1 aliphatic rings. The van der Waals surface area contributed by atoms with E-state index in [4.69, 9.17) is 5.73 Å². The van der Waals surface area contributed by atoms with E-state index in [9.17, 15) is 23.2 Å². The molecule has 2 N–H and O–H groups in total. The second-order valence-electron chi connectivity index (χ2n) is 8.51. The molecule has 33 heavy (non-hydrogen) atoms. The van der Waals surface area contributed by atoms with E-state index in [1.54, 1.807) is 0 Å². The highest BCUT2D eigenvalue weighted by molar-refractivity contribution is 7.89. The van der Waals surface area contributed by atoms with Crippen LogP contribution in [0.4, 0.5) is 0 Å². The van der Waals surface area contributed by atoms with E-state index in [-0.39, 0.29) is 32.6 Å². The quantitative estimate of drug-likeness (QED) is 0.386. The van der Waals surface area contributed by atoms with E-state index >= 15 is 0 Å². The number of hydrogen-bond acceptors (Lipinski definition) is 6. The van der Waals surface area contributed by atoms with E-state index in [0.29, 0.717) is 0 Å². The number of benzene rings is 1. The number of amides is 2. The van der Waals surface area contributed by atoms with Crippen LogP contribution >= 0.6 is 0 Å². The van der Waals surface area contributed by atoms with E-state index in [1.807, 2.05) is 30.3 Å². The van der Waals surface area contributed by atoms with Crippen LogP contribution in [0.3, 0.4) is 0 Å². The largest absolute Gasteiger partial charge is 0.633 e. The normalized spacial score (nSPS) is 18.4. The number of hydroxylamine groups is 3. The van der Waals surface area contributed by atoms with Crippen LogP contribution in [0.2, 0.25) is 0 Å². The summed E-state index contributed by atoms with van der Waals surface area (Å²) in [4.78, 5) is 29.6. The van der Waals surface area contributed by atoms with Gasteiger partial charge in [-0.15, -0.1) is 0 Å². The molecule has 3 rings (SSSR count). The van der Waals surface area contributed by atoms with Crippen molar-refractivity contribution < 1.29 is 22.7 Å². The van der Waals surface area contributed by atoms with Crippen molar-refractivity contribution in [3.63, 3.8) is 0 Å². The molecule has 2 unspecified atom stereocenters. The van der Waals surface area contributed by atoms with Crippen molar-refractivity contribution in [1.82, 2.24) is 14.0 Å². The molecule has 2 atom stereocenters. The number of carbonyl (C=O) groups is 2. The lowest BCUT2D eigenvalue weighted by molar-refractivity contribution is -0.864. The molecule has 1 aliphatic heterocycles. The number of primary amides is 1. The van der Waals surface area contributed by atoms with E-state index in [2.05, 4.69) is 4.98 Å². The fourth-order valence-corrected chi connectivity index (χ4v) is 5.51. The fourth-order valence-electron chi connectivity index (χ4n) is 3.82. The number of hydrogen-bond donors (Lipinski definition) is 1. The Kier molecular flexibility index (Phi) is 7.52. The second kappa shape index (κ2) is 10.00. The molecule has 1 saturated heterocycles. The summed E-state index contributed by atoms with van der Waals surface area (Å²) in [5.41, 5.74) is 6.26. The average molecular weight is 479 g/mol. The summed E-state index contributed by atoms with van der Waals surface area (Å²) < 4.78 is 28.6. The lowest BCUT2D eigenvalue weighted by Gasteiger charge is -2.44. The maximum atomic E-state index is 13.7. The van der Waals surface area contributed by atoms with Gasteiger partial charge in [-0.1, -0.05) is 30.3 Å². The van der Waals surface area contributed by atoms with Crippen LogP contribution in [-0.2, 0) is 26.0 Å². The number of aromatic nitrogens is 2. The van der Waals surface area contributed by atoms with Gasteiger partial charge >= 0.3 is 0 Å². The molecule has 12 heteroatoms. The summed E-state index contributed by atoms with van der Waals surface area (Å²) >= 11 is 0. The second-order valence-corrected chi connectivity index (χ2v) is 10.5. The molecule has 1 aromatic heterocycles. The predicted octanol–water partition coefficient (Wildman–Crippen LogP) is -0.330. The van der Waals surface area contributed by atoms with Crippen LogP contribution in [-0.4, -0.2) is 83.9 Å². The van der Waals surface area contributed by atoms with Crippen molar-refractivity contribution in [2.24, 2.45) is 11.7 Å². The van der Waals surface area contributed by atoms with Gasteiger partial charge in [-0.25, -0.2) is 23.1 Å². The minimum Gasteiger partial charge on any atom is -0.633 e. The molecular weight excluding hydrogens is 448 g/mol. The number of sulfonamides is 1. The molecule has 0 bridgehead atoms. The van der Waals surface area contributed by atoms with Crippen molar-refractivity contribution in [2.75, 3.05) is 44.0 Å². The molecule has 0 saturated carbocycles. The average Bonchev–Trinajstić information content (AvgIpc) is 3.28. The van der Waals surface area contributed by atoms with Crippen molar-refractivity contribution in [2.45, 2.75) is 19.4 Å². The molecular formula is C21H30N6O5S. The monoisotopic (exact) mass is 478 g/mol. The Morgan fingerprint density at radius 3 is 2.42 bits per heavy atom. The third kappa shape index (κ3) is 6.16. The van der Waals surface area contributed by atoms with Crippen LogP contribution in [0.25, 0.3) is 0 Å². The first-order valence-electron chi connectivity index (χ1n) is 10.7. The highest BCUT2D eigenvalue weighted by Gasteiger charge is 2.38. The Labute approximate surface area is 193 Å². The Bertz CT molecular complexity index is 1050. The van der Waals surface area contributed by atoms with Crippen LogP contribution in [0, 0.1) is 11.1 Å². The first kappa shape index (κ1) is 24.8. The first-order chi connectivity index (χ1) is 15.5. The minimum atomic E-state index is -3.85. The summed E-state index contributed by atoms with van der Waals surface area (Å²) in [5, 5.41) is 13.3. The first-order valence-corrected chi connectivity index (χ1v) is 12.3. The van der Waals surface area contributed by atoms with Gasteiger partial charge in [0, 0.05) is 12.4 Å². The molecule has 1 aromatic carbocycles. The van der Waals surface area contributed by atoms with Gasteiger partial charge in [0.1, 0.15) is 12.4 Å². The molecule has 2 aromatic rings. The van der Waals surface area contributed by atoms with Crippen molar-refractivity contribution >= 4 is 21.8 Å². The number of quaternary nitrogens is 1. The molecule has 2 amide bonds. The molecule has 11 nitrogen and oxygen atoms in total. The highest BCUT2D eigenvalue weighted by Crippen LogP contribution is 2.20. The van der Waals surface area contributed by atoms with E-state index < -0.39 is 44.2 Å². The summed E-state index contributed by atoms with van der Waals surface area (Å²) in [7, 11) is -2.34. The van der Waals surface area contributed by atoms with Crippen LogP contribution in [0.15, 0.2) is 49.1 Å². The van der Waals surface area contributed by atoms with Gasteiger partial charge in [-0.3, -0.25) is 9.59 Å². The lowest BCUT2D eigenvalue weighted by Crippen LogP contribution is -2.57. The summed E-state index contributed by atoms with van der Waals surface area (Å²) in [6.45, 7) is 1.97. The maximum Gasteiger partial charge on any atom is 0.246 e. The number of nitrogens with two attached hydrogens (primary N) is 1. The van der Waals surface area contributed by atoms with Crippen molar-refractivity contribution in [1.29, 1.82) is 0 Å². The third-order valence-corrected chi connectivity index (χ3v) is 7.84. The number of imidazole rings is 1. The van der Waals surface area contributed by atoms with Crippen LogP contribution < -0.4 is 10.7 Å². The molecule has 0 spiro atoms. The summed E-state index contributed by atoms with van der Waals surface area (Å²) in [6.07, 6.45) is 4.44. The SMILES string of the molecule is CC(C(N)=O)N(C(=O)C(Cc1ccccc1)CS(=O)(=O)N1CC[N+](C)([O-])CC1)n1ccnc1. The smallest absolute Gasteiger partial charge is 0.246 e. The zero-order valence-corrected chi connectivity index (χ0v) is 19.6. The summed E-state index contributed by atoms with van der Waals surface area (Å²) in [6, 6.07) is 8.04. The lowest BCUT2D eigenvalue weighted by atomic mass is 9.99. The zero-order chi connectivity index (χ0) is 24.2. The van der Waals surface area contributed by atoms with Gasteiger partial charge in [0.15, 0.2) is 0 Å². The Hall–Kier alpha value is -2.80. The topological polar surface area (TPSA) is 142 Å². The highest BCUT2D eigenvalue weighted by atomic mass is 32.2. The Morgan fingerprint density at radius 2 is 1.88 bits per heavy atom. The number of likely N-dealkylation sites (N-methyl/N-ethyl adjacent to an activating group) is 1. The number of carbonyl (C=O) groups excluding carboxylic acids is 2. The third-order valence-electron chi connectivity index (χ3n) is 5.87. The molecule has 2 heterocycles. The van der Waals surface area contributed by atoms with Crippen LogP contribution in [0.1, 0.15) is 12.5 Å². The molecule has 0 radical (unpaired) electrons. The number of piperazine rings is 1. The fraction of sp³-hybridized carbons (Fsp3) is 0.476. The van der Waals surface area contributed by atoms with Crippen LogP contribution in [0.5, 0.6) is 0 Å². The van der Waals surface area contributed by atoms with Gasteiger partial charge in [0.2, 0.25) is 21.8 Å².